The molecular weight excluding hydrogens is 1220 g/mol. The van der Waals surface area contributed by atoms with Crippen molar-refractivity contribution in [1.29, 1.82) is 0 Å². The maximum absolute atomic E-state index is 6.51. The molecule has 2 fully saturated rings. The number of halogens is 1. The second-order valence-corrected chi connectivity index (χ2v) is 27.7. The topological polar surface area (TPSA) is 76.3 Å². The molecule has 16 rings (SSSR count). The number of furan rings is 3. The molecule has 14 aromatic rings. The average molecular weight is 1300 g/mol. The van der Waals surface area contributed by atoms with Crippen molar-refractivity contribution < 1.29 is 31.9 Å². The molecule has 0 aliphatic carbocycles. The van der Waals surface area contributed by atoms with Gasteiger partial charge in [0.2, 0.25) is 5.60 Å². The number of para-hydroxylation sites is 3. The monoisotopic (exact) mass is 1300 g/mol. The second kappa shape index (κ2) is 24.5. The molecule has 0 bridgehead atoms. The zero-order chi connectivity index (χ0) is 64.9. The molecule has 1 atom stereocenters. The summed E-state index contributed by atoms with van der Waals surface area (Å²) < 4.78 is 44.9. The van der Waals surface area contributed by atoms with Crippen LogP contribution in [0.2, 0.25) is 0 Å². The first kappa shape index (κ1) is 63.9. The summed E-state index contributed by atoms with van der Waals surface area (Å²) in [5.41, 5.74) is 23.6. The molecule has 2 aliphatic rings. The van der Waals surface area contributed by atoms with Crippen molar-refractivity contribution in [3.8, 4) is 55.6 Å². The van der Waals surface area contributed by atoms with Gasteiger partial charge < -0.3 is 31.9 Å². The van der Waals surface area contributed by atoms with Gasteiger partial charge in [-0.25, -0.2) is 0 Å². The van der Waals surface area contributed by atoms with Crippen molar-refractivity contribution in [2.75, 3.05) is 0 Å². The Bertz CT molecular complexity index is 4970. The highest BCUT2D eigenvalue weighted by molar-refractivity contribution is 9.10. The molecule has 7 nitrogen and oxygen atoms in total. The molecule has 0 amide bonds. The van der Waals surface area contributed by atoms with Crippen molar-refractivity contribution in [2.45, 2.75) is 113 Å². The Morgan fingerprint density at radius 2 is 0.649 bits per heavy atom. The molecule has 2 saturated heterocycles. The van der Waals surface area contributed by atoms with E-state index in [1.807, 2.05) is 51.1 Å². The molecule has 5 heterocycles. The van der Waals surface area contributed by atoms with E-state index in [1.165, 1.54) is 61.2 Å². The zero-order valence-corrected chi connectivity index (χ0v) is 56.5. The second-order valence-electron chi connectivity index (χ2n) is 26.8. The van der Waals surface area contributed by atoms with E-state index >= 15 is 0 Å². The number of aryl methyl sites for hydroxylation is 3. The van der Waals surface area contributed by atoms with Crippen molar-refractivity contribution in [2.24, 2.45) is 0 Å². The van der Waals surface area contributed by atoms with Crippen molar-refractivity contribution in [1.82, 2.24) is 0 Å². The fourth-order valence-corrected chi connectivity index (χ4v) is 13.7. The molecule has 3 aromatic heterocycles. The first-order chi connectivity index (χ1) is 44.6. The van der Waals surface area contributed by atoms with Crippen LogP contribution < -0.4 is 10.9 Å². The standard InChI is InChI=1S/C45H32O2.C19H29B2O4.C19H13BrO.CH4/c1-27-11-4-6-13-32(27)36-17-9-19-38-40-25-30(21-23-42(40)46-44(36)38)34-15-8-16-35(29(34)3)31-22-24-43-41(26-31)39-20-10-18-37(45(39)47-43)33-14-7-5-12-28(33)2;1-13-14(20-22-16(2,3)17(4,5)23-20)11-10-12-15(13)21-24-18(6,7)19(8,9)25-21;1-12-5-2-3-6-14(12)15-7-4-8-16-17-11-13(20)9-10-18(17)21-19(15)16;/h4-26H,1-3H3;10-12H,2H2,1,3-9H3;2-11H,1H3;1H4/q;+1;;. The SMILES string of the molecule is C.Cc1ccccc1-c1cccc2c1oc1ccc(-c3cccc(-c4ccc5oc6c(-c7ccccc7C)cccc6c5c4)c3C)cc12.Cc1ccccc1-c1cccc2c1oc1ccc(Br)cc12.[CH2+]C1(C)OB(c2cccc(B3OC(C)(C)C(C)(C)O3)c2C)OC1(C)C. The first-order valence-corrected chi connectivity index (χ1v) is 32.8. The van der Waals surface area contributed by atoms with Crippen molar-refractivity contribution in [3.05, 3.63) is 258 Å². The van der Waals surface area contributed by atoms with Gasteiger partial charge in [-0.1, -0.05) is 205 Å². The lowest BCUT2D eigenvalue weighted by atomic mass is 9.68. The predicted octanol–water partition coefficient (Wildman–Crippen LogP) is 22.4. The van der Waals surface area contributed by atoms with Crippen molar-refractivity contribution >= 4 is 107 Å². The van der Waals surface area contributed by atoms with Crippen LogP contribution in [0.4, 0.5) is 0 Å². The third-order valence-electron chi connectivity index (χ3n) is 19.9. The largest absolute Gasteiger partial charge is 0.498 e. The van der Waals surface area contributed by atoms with Gasteiger partial charge in [-0.15, -0.1) is 0 Å². The molecule has 0 radical (unpaired) electrons. The highest BCUT2D eigenvalue weighted by Crippen LogP contribution is 2.44. The number of benzene rings is 11. The minimum absolute atomic E-state index is 0. The van der Waals surface area contributed by atoms with E-state index in [1.54, 1.807) is 0 Å². The highest BCUT2D eigenvalue weighted by atomic mass is 79.9. The van der Waals surface area contributed by atoms with E-state index in [0.29, 0.717) is 0 Å². The summed E-state index contributed by atoms with van der Waals surface area (Å²) in [5, 5.41) is 6.85. The number of rotatable bonds is 7. The van der Waals surface area contributed by atoms with Gasteiger partial charge in [0.05, 0.1) is 18.1 Å². The van der Waals surface area contributed by atoms with Crippen LogP contribution >= 0.6 is 15.9 Å². The molecular formula is C84H78B2BrO7+. The fourth-order valence-electron chi connectivity index (χ4n) is 13.3. The van der Waals surface area contributed by atoms with Crippen LogP contribution in [0.5, 0.6) is 0 Å². The van der Waals surface area contributed by atoms with Crippen LogP contribution in [0.15, 0.2) is 236 Å². The normalized spacial score (nSPS) is 16.4. The lowest BCUT2D eigenvalue weighted by Gasteiger charge is -2.32. The average Bonchev–Trinajstić information content (AvgIpc) is 1.60. The van der Waals surface area contributed by atoms with E-state index in [2.05, 4.69) is 273 Å². The van der Waals surface area contributed by atoms with E-state index in [0.717, 1.165) is 103 Å². The fraction of sp³-hybridized carbons (Fsp3) is 0.202. The summed E-state index contributed by atoms with van der Waals surface area (Å²) in [5.74, 6) is 0. The van der Waals surface area contributed by atoms with Crippen molar-refractivity contribution in [3.63, 3.8) is 0 Å². The Morgan fingerprint density at radius 3 is 1.04 bits per heavy atom. The summed E-state index contributed by atoms with van der Waals surface area (Å²) in [6.07, 6.45) is 0. The van der Waals surface area contributed by atoms with Crippen LogP contribution in [0.1, 0.15) is 83.7 Å². The van der Waals surface area contributed by atoms with Crippen LogP contribution in [0.3, 0.4) is 0 Å². The summed E-state index contributed by atoms with van der Waals surface area (Å²) >= 11 is 3.54. The van der Waals surface area contributed by atoms with Gasteiger partial charge in [0.1, 0.15) is 39.1 Å². The molecule has 2 aliphatic heterocycles. The van der Waals surface area contributed by atoms with E-state index in [4.69, 9.17) is 31.9 Å². The Hall–Kier alpha value is -8.86. The Balaban J connectivity index is 0.000000143. The predicted molar refractivity (Wildman–Crippen MR) is 398 cm³/mol. The van der Waals surface area contributed by atoms with Crippen LogP contribution in [-0.4, -0.2) is 36.6 Å². The maximum atomic E-state index is 6.51. The van der Waals surface area contributed by atoms with Gasteiger partial charge in [-0.2, -0.15) is 0 Å². The minimum Gasteiger partial charge on any atom is -0.455 e. The highest BCUT2D eigenvalue weighted by Gasteiger charge is 2.58. The first-order valence-electron chi connectivity index (χ1n) is 32.0. The van der Waals surface area contributed by atoms with Crippen LogP contribution in [0.25, 0.3) is 121 Å². The number of fused-ring (bicyclic) bond motifs is 9. The molecule has 1 unspecified atom stereocenters. The molecule has 11 aromatic carbocycles. The summed E-state index contributed by atoms with van der Waals surface area (Å²) in [6.45, 7) is 29.1. The van der Waals surface area contributed by atoms with E-state index in [-0.39, 0.29) is 18.6 Å². The Kier molecular flexibility index (Phi) is 16.6. The lowest BCUT2D eigenvalue weighted by molar-refractivity contribution is 0.00578. The van der Waals surface area contributed by atoms with Gasteiger partial charge >= 0.3 is 14.2 Å². The van der Waals surface area contributed by atoms with Gasteiger partial charge in [-0.05, 0) is 191 Å². The Morgan fingerprint density at radius 1 is 0.319 bits per heavy atom. The smallest absolute Gasteiger partial charge is 0.455 e. The van der Waals surface area contributed by atoms with Gasteiger partial charge in [0.25, 0.3) is 0 Å². The van der Waals surface area contributed by atoms with E-state index < -0.39 is 25.4 Å². The summed E-state index contributed by atoms with van der Waals surface area (Å²) in [7, 11) is -0.842. The van der Waals surface area contributed by atoms with E-state index in [9.17, 15) is 0 Å². The van der Waals surface area contributed by atoms with Gasteiger partial charge in [0, 0.05) is 60.4 Å². The summed E-state index contributed by atoms with van der Waals surface area (Å²) in [4.78, 5) is 0. The van der Waals surface area contributed by atoms with Gasteiger partial charge in [0.15, 0.2) is 0 Å². The van der Waals surface area contributed by atoms with Gasteiger partial charge in [-0.3, -0.25) is 0 Å². The van der Waals surface area contributed by atoms with Crippen LogP contribution in [0, 0.1) is 41.5 Å². The molecule has 94 heavy (non-hydrogen) atoms. The molecule has 0 N–H and O–H groups in total. The number of hydrogen-bond acceptors (Lipinski definition) is 7. The third-order valence-corrected chi connectivity index (χ3v) is 20.4. The lowest BCUT2D eigenvalue weighted by Crippen LogP contribution is -2.44. The molecule has 0 spiro atoms. The Labute approximate surface area is 561 Å². The molecule has 0 saturated carbocycles. The van der Waals surface area contributed by atoms with Crippen LogP contribution in [-0.2, 0) is 18.6 Å². The summed E-state index contributed by atoms with van der Waals surface area (Å²) in [6, 6.07) is 76.7. The maximum Gasteiger partial charge on any atom is 0.498 e. The quantitative estimate of drug-likeness (QED) is 0.116. The minimum atomic E-state index is -0.607. The number of hydrogen-bond donors (Lipinski definition) is 0. The third kappa shape index (κ3) is 11.3. The molecule has 468 valence electrons. The molecule has 10 heteroatoms. The zero-order valence-electron chi connectivity index (χ0n) is 54.9.